The molecule has 0 radical (unpaired) electrons. The van der Waals surface area contributed by atoms with Crippen LogP contribution in [-0.4, -0.2) is 19.7 Å². The first-order chi connectivity index (χ1) is 6.72. The van der Waals surface area contributed by atoms with Crippen molar-refractivity contribution >= 4 is 5.69 Å². The smallest absolute Gasteiger partial charge is 0.0885 e. The van der Waals surface area contributed by atoms with Gasteiger partial charge in [-0.1, -0.05) is 17.7 Å². The van der Waals surface area contributed by atoms with Crippen molar-refractivity contribution in [3.63, 3.8) is 0 Å². The lowest BCUT2D eigenvalue weighted by Crippen LogP contribution is -2.33. The fourth-order valence-electron chi connectivity index (χ4n) is 2.09. The molecule has 76 valence electrons. The summed E-state index contributed by atoms with van der Waals surface area (Å²) in [5.41, 5.74) is 4.01. The molecule has 1 aromatic rings. The van der Waals surface area contributed by atoms with Gasteiger partial charge >= 0.3 is 0 Å². The summed E-state index contributed by atoms with van der Waals surface area (Å²) >= 11 is 0. The van der Waals surface area contributed by atoms with E-state index >= 15 is 0 Å². The predicted octanol–water partition coefficient (Wildman–Crippen LogP) is 1.25. The maximum absolute atomic E-state index is 5.11. The lowest BCUT2D eigenvalue weighted by Gasteiger charge is -2.21. The van der Waals surface area contributed by atoms with Gasteiger partial charge in [0.05, 0.1) is 12.6 Å². The predicted molar refractivity (Wildman–Crippen MR) is 57.2 cm³/mol. The maximum atomic E-state index is 5.11. The Balaban J connectivity index is 2.26. The van der Waals surface area contributed by atoms with Crippen molar-refractivity contribution in [1.29, 1.82) is 0 Å². The summed E-state index contributed by atoms with van der Waals surface area (Å²) in [4.78, 5) is 6.95. The number of benzene rings is 1. The van der Waals surface area contributed by atoms with E-state index in [4.69, 9.17) is 10.7 Å². The average molecular weight is 192 g/mol. The van der Waals surface area contributed by atoms with Gasteiger partial charge in [0, 0.05) is 12.7 Å². The topological polar surface area (TPSA) is 38.5 Å². The van der Waals surface area contributed by atoms with Crippen molar-refractivity contribution in [3.05, 3.63) is 29.3 Å². The lowest BCUT2D eigenvalue weighted by molar-refractivity contribution is 0.124. The first kappa shape index (κ1) is 9.49. The number of anilines is 1. The highest BCUT2D eigenvalue weighted by atomic mass is 16.6. The molecule has 1 aromatic carbocycles. The summed E-state index contributed by atoms with van der Waals surface area (Å²) in [6, 6.07) is 6.93. The Hall–Kier alpha value is -1.06. The van der Waals surface area contributed by atoms with Crippen LogP contribution in [0.4, 0.5) is 5.69 Å². The second-order valence-corrected chi connectivity index (χ2v) is 3.93. The van der Waals surface area contributed by atoms with Gasteiger partial charge < -0.3 is 9.74 Å². The van der Waals surface area contributed by atoms with Crippen molar-refractivity contribution in [3.8, 4) is 0 Å². The van der Waals surface area contributed by atoms with E-state index in [1.807, 2.05) is 0 Å². The van der Waals surface area contributed by atoms with Crippen LogP contribution in [0.1, 0.15) is 11.1 Å². The number of hydrogen-bond donors (Lipinski definition) is 1. The molecule has 1 aliphatic rings. The molecule has 2 N–H and O–H groups in total. The standard InChI is InChI=1S/C11H16N2O/c1-8-3-4-11-9(5-8)6-10(7-14-12)13(11)2/h3-5,10H,6-7,12H2,1-2H3. The number of hydrogen-bond acceptors (Lipinski definition) is 3. The third-order valence-corrected chi connectivity index (χ3v) is 2.91. The van der Waals surface area contributed by atoms with E-state index in [2.05, 4.69) is 37.1 Å². The van der Waals surface area contributed by atoms with E-state index in [1.165, 1.54) is 16.8 Å². The highest BCUT2D eigenvalue weighted by Gasteiger charge is 2.25. The molecule has 0 spiro atoms. The number of aryl methyl sites for hydroxylation is 1. The molecule has 0 bridgehead atoms. The van der Waals surface area contributed by atoms with Crippen LogP contribution in [0, 0.1) is 6.92 Å². The number of nitrogens with zero attached hydrogens (tertiary/aromatic N) is 1. The number of rotatable bonds is 2. The molecule has 1 unspecified atom stereocenters. The van der Waals surface area contributed by atoms with E-state index in [0.29, 0.717) is 12.6 Å². The largest absolute Gasteiger partial charge is 0.369 e. The van der Waals surface area contributed by atoms with Crippen LogP contribution < -0.4 is 10.8 Å². The molecule has 0 amide bonds. The zero-order chi connectivity index (χ0) is 10.1. The second kappa shape index (κ2) is 3.59. The van der Waals surface area contributed by atoms with Crippen molar-refractivity contribution in [2.45, 2.75) is 19.4 Å². The Morgan fingerprint density at radius 1 is 1.57 bits per heavy atom. The quantitative estimate of drug-likeness (QED) is 0.717. The van der Waals surface area contributed by atoms with E-state index in [0.717, 1.165) is 6.42 Å². The molecule has 3 nitrogen and oxygen atoms in total. The molecule has 0 saturated carbocycles. The molecule has 1 atom stereocenters. The highest BCUT2D eigenvalue weighted by Crippen LogP contribution is 2.31. The van der Waals surface area contributed by atoms with Gasteiger partial charge in [0.25, 0.3) is 0 Å². The van der Waals surface area contributed by atoms with Crippen molar-refractivity contribution in [2.24, 2.45) is 5.90 Å². The summed E-state index contributed by atoms with van der Waals surface area (Å²) < 4.78 is 0. The molecule has 3 heteroatoms. The van der Waals surface area contributed by atoms with Crippen LogP contribution in [0.2, 0.25) is 0 Å². The van der Waals surface area contributed by atoms with Gasteiger partial charge in [-0.05, 0) is 25.0 Å². The Bertz CT molecular complexity index is 338. The summed E-state index contributed by atoms with van der Waals surface area (Å²) in [5, 5.41) is 0. The molecule has 1 aliphatic heterocycles. The van der Waals surface area contributed by atoms with Gasteiger partial charge in [-0.25, -0.2) is 5.90 Å². The minimum Gasteiger partial charge on any atom is -0.369 e. The van der Waals surface area contributed by atoms with Crippen molar-refractivity contribution < 1.29 is 4.84 Å². The zero-order valence-corrected chi connectivity index (χ0v) is 8.66. The van der Waals surface area contributed by atoms with E-state index in [-0.39, 0.29) is 0 Å². The average Bonchev–Trinajstić information content (AvgIpc) is 2.44. The molecular formula is C11H16N2O. The van der Waals surface area contributed by atoms with Crippen LogP contribution in [0.15, 0.2) is 18.2 Å². The van der Waals surface area contributed by atoms with Gasteiger partial charge in [0.15, 0.2) is 0 Å². The van der Waals surface area contributed by atoms with Crippen LogP contribution in [0.5, 0.6) is 0 Å². The molecular weight excluding hydrogens is 176 g/mol. The Morgan fingerprint density at radius 2 is 2.36 bits per heavy atom. The Kier molecular flexibility index (Phi) is 2.44. The van der Waals surface area contributed by atoms with Crippen LogP contribution in [-0.2, 0) is 11.3 Å². The van der Waals surface area contributed by atoms with Crippen LogP contribution in [0.3, 0.4) is 0 Å². The molecule has 1 heterocycles. The van der Waals surface area contributed by atoms with E-state index < -0.39 is 0 Å². The third kappa shape index (κ3) is 1.49. The van der Waals surface area contributed by atoms with E-state index in [9.17, 15) is 0 Å². The summed E-state index contributed by atoms with van der Waals surface area (Å²) in [6.07, 6.45) is 1.03. The van der Waals surface area contributed by atoms with E-state index in [1.54, 1.807) is 0 Å². The van der Waals surface area contributed by atoms with Crippen LogP contribution in [0.25, 0.3) is 0 Å². The van der Waals surface area contributed by atoms with Crippen LogP contribution >= 0.6 is 0 Å². The van der Waals surface area contributed by atoms with Crippen molar-refractivity contribution in [1.82, 2.24) is 0 Å². The van der Waals surface area contributed by atoms with Gasteiger partial charge in [-0.3, -0.25) is 0 Å². The monoisotopic (exact) mass is 192 g/mol. The molecule has 2 rings (SSSR count). The minimum atomic E-state index is 0.386. The highest BCUT2D eigenvalue weighted by molar-refractivity contribution is 5.59. The summed E-state index contributed by atoms with van der Waals surface area (Å²) in [5.74, 6) is 5.11. The number of fused-ring (bicyclic) bond motifs is 1. The zero-order valence-electron chi connectivity index (χ0n) is 8.66. The van der Waals surface area contributed by atoms with Crippen molar-refractivity contribution in [2.75, 3.05) is 18.6 Å². The first-order valence-corrected chi connectivity index (χ1v) is 4.86. The molecule has 0 saturated heterocycles. The SMILES string of the molecule is Cc1ccc2c(c1)CC(CON)N2C. The summed E-state index contributed by atoms with van der Waals surface area (Å²) in [6.45, 7) is 2.71. The summed E-state index contributed by atoms with van der Waals surface area (Å²) in [7, 11) is 2.09. The minimum absolute atomic E-state index is 0.386. The second-order valence-electron chi connectivity index (χ2n) is 3.93. The van der Waals surface area contributed by atoms with Gasteiger partial charge in [-0.2, -0.15) is 0 Å². The van der Waals surface area contributed by atoms with Gasteiger partial charge in [0.1, 0.15) is 0 Å². The Labute approximate surface area is 84.4 Å². The molecule has 0 aliphatic carbocycles. The Morgan fingerprint density at radius 3 is 3.07 bits per heavy atom. The van der Waals surface area contributed by atoms with Gasteiger partial charge in [-0.15, -0.1) is 0 Å². The van der Waals surface area contributed by atoms with Gasteiger partial charge in [0.2, 0.25) is 0 Å². The molecule has 14 heavy (non-hydrogen) atoms. The first-order valence-electron chi connectivity index (χ1n) is 4.86. The number of likely N-dealkylation sites (N-methyl/N-ethyl adjacent to an activating group) is 1. The number of nitrogens with two attached hydrogens (primary N) is 1. The molecule has 0 fully saturated rings. The normalized spacial score (nSPS) is 19.9. The fraction of sp³-hybridized carbons (Fsp3) is 0.455. The molecule has 0 aromatic heterocycles. The third-order valence-electron chi connectivity index (χ3n) is 2.91. The lowest BCUT2D eigenvalue weighted by atomic mass is 10.1. The maximum Gasteiger partial charge on any atom is 0.0885 e. The fourth-order valence-corrected chi connectivity index (χ4v) is 2.09.